The van der Waals surface area contributed by atoms with E-state index in [2.05, 4.69) is 5.10 Å². The second-order valence-corrected chi connectivity index (χ2v) is 5.02. The van der Waals surface area contributed by atoms with Crippen LogP contribution in [0.25, 0.3) is 11.1 Å². The fourth-order valence-electron chi connectivity index (χ4n) is 2.37. The van der Waals surface area contributed by atoms with Gasteiger partial charge in [-0.05, 0) is 17.7 Å². The average Bonchev–Trinajstić information content (AvgIpc) is 2.81. The van der Waals surface area contributed by atoms with Gasteiger partial charge in [-0.1, -0.05) is 12.1 Å². The van der Waals surface area contributed by atoms with E-state index in [4.69, 9.17) is 15.2 Å². The lowest BCUT2D eigenvalue weighted by Crippen LogP contribution is -2.25. The molecule has 20 heavy (non-hydrogen) atoms. The Hall–Kier alpha value is -2.01. The lowest BCUT2D eigenvalue weighted by atomic mass is 10.1. The lowest BCUT2D eigenvalue weighted by Gasteiger charge is -2.23. The Morgan fingerprint density at radius 2 is 1.95 bits per heavy atom. The Morgan fingerprint density at radius 3 is 2.55 bits per heavy atom. The molecule has 0 saturated carbocycles. The summed E-state index contributed by atoms with van der Waals surface area (Å²) in [5, 5.41) is 4.16. The average molecular weight is 273 g/mol. The van der Waals surface area contributed by atoms with Gasteiger partial charge in [0.15, 0.2) is 0 Å². The normalized spacial score (nSPS) is 16.2. The van der Waals surface area contributed by atoms with E-state index in [9.17, 15) is 0 Å². The fraction of sp³-hybridized carbons (Fsp3) is 0.400. The predicted octanol–water partition coefficient (Wildman–Crippen LogP) is 2.23. The van der Waals surface area contributed by atoms with Crippen LogP contribution in [0.4, 0.5) is 5.82 Å². The Kier molecular flexibility index (Phi) is 3.60. The number of hydrogen-bond acceptors (Lipinski definition) is 4. The minimum absolute atomic E-state index is 0.262. The number of anilines is 1. The number of ether oxygens (including phenoxy) is 2. The van der Waals surface area contributed by atoms with Crippen molar-refractivity contribution in [3.63, 3.8) is 0 Å². The third-order valence-electron chi connectivity index (χ3n) is 3.62. The largest absolute Gasteiger partial charge is 0.490 e. The zero-order valence-corrected chi connectivity index (χ0v) is 11.6. The van der Waals surface area contributed by atoms with Gasteiger partial charge in [-0.3, -0.25) is 4.68 Å². The maximum Gasteiger partial charge on any atom is 0.129 e. The first-order valence-electron chi connectivity index (χ1n) is 6.86. The van der Waals surface area contributed by atoms with Crippen molar-refractivity contribution in [3.8, 4) is 16.9 Å². The molecule has 1 aliphatic rings. The van der Waals surface area contributed by atoms with Gasteiger partial charge in [-0.15, -0.1) is 0 Å². The van der Waals surface area contributed by atoms with Crippen LogP contribution in [0.15, 0.2) is 30.5 Å². The van der Waals surface area contributed by atoms with Crippen LogP contribution in [0.3, 0.4) is 0 Å². The van der Waals surface area contributed by atoms with Crippen molar-refractivity contribution in [2.75, 3.05) is 18.9 Å². The van der Waals surface area contributed by atoms with Gasteiger partial charge in [0.05, 0.1) is 19.4 Å². The number of rotatable bonds is 3. The van der Waals surface area contributed by atoms with Gasteiger partial charge in [-0.2, -0.15) is 5.10 Å². The number of aryl methyl sites for hydroxylation is 1. The number of nitrogens with two attached hydrogens (primary N) is 1. The maximum atomic E-state index is 5.98. The molecule has 106 valence electrons. The molecule has 1 saturated heterocycles. The van der Waals surface area contributed by atoms with Gasteiger partial charge >= 0.3 is 0 Å². The summed E-state index contributed by atoms with van der Waals surface area (Å²) in [6, 6.07) is 8.00. The summed E-state index contributed by atoms with van der Waals surface area (Å²) in [5.41, 5.74) is 7.98. The molecule has 0 aliphatic carbocycles. The van der Waals surface area contributed by atoms with Crippen LogP contribution in [0.1, 0.15) is 12.8 Å². The van der Waals surface area contributed by atoms with Crippen LogP contribution in [-0.4, -0.2) is 29.1 Å². The molecule has 1 aromatic heterocycles. The zero-order chi connectivity index (χ0) is 13.9. The molecule has 1 aromatic carbocycles. The SMILES string of the molecule is Cn1ncc(-c2ccc(OC3CCOCC3)cc2)c1N. The monoisotopic (exact) mass is 273 g/mol. The highest BCUT2D eigenvalue weighted by molar-refractivity contribution is 5.73. The minimum atomic E-state index is 0.262. The second-order valence-electron chi connectivity index (χ2n) is 5.02. The Labute approximate surface area is 118 Å². The molecule has 5 heteroatoms. The first kappa shape index (κ1) is 13.0. The standard InChI is InChI=1S/C15H19N3O2/c1-18-15(16)14(10-17-18)11-2-4-12(5-3-11)20-13-6-8-19-9-7-13/h2-5,10,13H,6-9,16H2,1H3. The summed E-state index contributed by atoms with van der Waals surface area (Å²) in [7, 11) is 1.83. The second kappa shape index (κ2) is 5.54. The third kappa shape index (κ3) is 2.63. The summed E-state index contributed by atoms with van der Waals surface area (Å²) in [6.07, 6.45) is 3.95. The first-order valence-corrected chi connectivity index (χ1v) is 6.86. The van der Waals surface area contributed by atoms with Crippen molar-refractivity contribution in [1.82, 2.24) is 9.78 Å². The molecular formula is C15H19N3O2. The molecule has 0 atom stereocenters. The molecule has 3 rings (SSSR count). The molecule has 1 aliphatic heterocycles. The topological polar surface area (TPSA) is 62.3 Å². The first-order chi connectivity index (χ1) is 9.74. The molecule has 0 unspecified atom stereocenters. The van der Waals surface area contributed by atoms with E-state index in [0.29, 0.717) is 5.82 Å². The van der Waals surface area contributed by atoms with E-state index in [1.54, 1.807) is 10.9 Å². The third-order valence-corrected chi connectivity index (χ3v) is 3.62. The molecule has 0 amide bonds. The highest BCUT2D eigenvalue weighted by Gasteiger charge is 2.15. The zero-order valence-electron chi connectivity index (χ0n) is 11.6. The van der Waals surface area contributed by atoms with Gasteiger partial charge in [-0.25, -0.2) is 0 Å². The fourth-order valence-corrected chi connectivity index (χ4v) is 2.37. The van der Waals surface area contributed by atoms with Gasteiger partial charge in [0.1, 0.15) is 17.7 Å². The Bertz CT molecular complexity index is 571. The molecule has 1 fully saturated rings. The van der Waals surface area contributed by atoms with Crippen molar-refractivity contribution in [2.45, 2.75) is 18.9 Å². The number of hydrogen-bond donors (Lipinski definition) is 1. The molecule has 2 aromatic rings. The van der Waals surface area contributed by atoms with Crippen molar-refractivity contribution in [3.05, 3.63) is 30.5 Å². The number of aromatic nitrogens is 2. The Balaban J connectivity index is 1.72. The van der Waals surface area contributed by atoms with E-state index in [-0.39, 0.29) is 6.10 Å². The van der Waals surface area contributed by atoms with Gasteiger partial charge in [0.2, 0.25) is 0 Å². The minimum Gasteiger partial charge on any atom is -0.490 e. The lowest BCUT2D eigenvalue weighted by molar-refractivity contribution is 0.0256. The molecule has 0 bridgehead atoms. The van der Waals surface area contributed by atoms with Crippen LogP contribution in [0.5, 0.6) is 5.75 Å². The van der Waals surface area contributed by atoms with Gasteiger partial charge < -0.3 is 15.2 Å². The van der Waals surface area contributed by atoms with Crippen LogP contribution < -0.4 is 10.5 Å². The van der Waals surface area contributed by atoms with Crippen molar-refractivity contribution in [2.24, 2.45) is 7.05 Å². The highest BCUT2D eigenvalue weighted by Crippen LogP contribution is 2.27. The van der Waals surface area contributed by atoms with Crippen LogP contribution >= 0.6 is 0 Å². The summed E-state index contributed by atoms with van der Waals surface area (Å²) < 4.78 is 12.9. The van der Waals surface area contributed by atoms with Crippen molar-refractivity contribution >= 4 is 5.82 Å². The molecule has 2 heterocycles. The van der Waals surface area contributed by atoms with Gasteiger partial charge in [0, 0.05) is 25.5 Å². The van der Waals surface area contributed by atoms with E-state index in [1.165, 1.54) is 0 Å². The van der Waals surface area contributed by atoms with Gasteiger partial charge in [0.25, 0.3) is 0 Å². The summed E-state index contributed by atoms with van der Waals surface area (Å²) >= 11 is 0. The molecule has 0 radical (unpaired) electrons. The van der Waals surface area contributed by atoms with Crippen LogP contribution in [-0.2, 0) is 11.8 Å². The van der Waals surface area contributed by atoms with Crippen LogP contribution in [0.2, 0.25) is 0 Å². The van der Waals surface area contributed by atoms with E-state index < -0.39 is 0 Å². The summed E-state index contributed by atoms with van der Waals surface area (Å²) in [4.78, 5) is 0. The number of nitrogens with zero attached hydrogens (tertiary/aromatic N) is 2. The number of benzene rings is 1. The highest BCUT2D eigenvalue weighted by atomic mass is 16.5. The van der Waals surface area contributed by atoms with Crippen molar-refractivity contribution in [1.29, 1.82) is 0 Å². The Morgan fingerprint density at radius 1 is 1.25 bits per heavy atom. The van der Waals surface area contributed by atoms with E-state index in [1.807, 2.05) is 31.3 Å². The van der Waals surface area contributed by atoms with Crippen LogP contribution in [0, 0.1) is 0 Å². The van der Waals surface area contributed by atoms with E-state index >= 15 is 0 Å². The van der Waals surface area contributed by atoms with E-state index in [0.717, 1.165) is 42.9 Å². The molecular weight excluding hydrogens is 254 g/mol. The quantitative estimate of drug-likeness (QED) is 0.931. The predicted molar refractivity (Wildman–Crippen MR) is 77.5 cm³/mol. The summed E-state index contributed by atoms with van der Waals surface area (Å²) in [6.45, 7) is 1.57. The molecule has 2 N–H and O–H groups in total. The molecule has 0 spiro atoms. The molecule has 5 nitrogen and oxygen atoms in total. The number of nitrogen functional groups attached to an aromatic ring is 1. The van der Waals surface area contributed by atoms with Crippen molar-refractivity contribution < 1.29 is 9.47 Å². The smallest absolute Gasteiger partial charge is 0.129 e. The summed E-state index contributed by atoms with van der Waals surface area (Å²) in [5.74, 6) is 1.56. The maximum absolute atomic E-state index is 5.98.